The minimum atomic E-state index is -3.53. The molecule has 0 aliphatic carbocycles. The van der Waals surface area contributed by atoms with Gasteiger partial charge >= 0.3 is 0 Å². The molecule has 1 aromatic carbocycles. The molecule has 2 N–H and O–H groups in total. The molecule has 0 radical (unpaired) electrons. The summed E-state index contributed by atoms with van der Waals surface area (Å²) in [5, 5.41) is 5.90. The molecular formula is C16H25N3O5S. The molecule has 1 aromatic rings. The van der Waals surface area contributed by atoms with Gasteiger partial charge in [-0.05, 0) is 24.3 Å². The Hall–Kier alpha value is -1.52. The normalized spacial score (nSPS) is 15.9. The van der Waals surface area contributed by atoms with Crippen LogP contribution in [0.25, 0.3) is 0 Å². The van der Waals surface area contributed by atoms with Crippen LogP contribution in [0.3, 0.4) is 0 Å². The highest BCUT2D eigenvalue weighted by atomic mass is 32.2. The van der Waals surface area contributed by atoms with Crippen LogP contribution in [0.2, 0.25) is 0 Å². The van der Waals surface area contributed by atoms with E-state index < -0.39 is 10.0 Å². The Kier molecular flexibility index (Phi) is 7.79. The molecule has 25 heavy (non-hydrogen) atoms. The van der Waals surface area contributed by atoms with Gasteiger partial charge in [-0.25, -0.2) is 8.42 Å². The van der Waals surface area contributed by atoms with Crippen LogP contribution in [-0.2, 0) is 19.5 Å². The number of nitrogens with one attached hydrogen (secondary N) is 2. The Morgan fingerprint density at radius 2 is 1.84 bits per heavy atom. The lowest BCUT2D eigenvalue weighted by atomic mass is 10.2. The summed E-state index contributed by atoms with van der Waals surface area (Å²) in [7, 11) is -1.90. The van der Waals surface area contributed by atoms with Crippen molar-refractivity contribution in [2.45, 2.75) is 4.90 Å². The van der Waals surface area contributed by atoms with Crippen molar-refractivity contribution in [1.82, 2.24) is 14.9 Å². The van der Waals surface area contributed by atoms with Gasteiger partial charge in [-0.3, -0.25) is 4.79 Å². The second-order valence-corrected chi connectivity index (χ2v) is 7.48. The Morgan fingerprint density at radius 3 is 2.48 bits per heavy atom. The maximum atomic E-state index is 12.5. The van der Waals surface area contributed by atoms with Crippen molar-refractivity contribution in [3.05, 3.63) is 29.8 Å². The van der Waals surface area contributed by atoms with Gasteiger partial charge in [0.15, 0.2) is 0 Å². The standard InChI is InChI=1S/C16H25N3O5S/c1-23-11-8-17-6-7-18-16(20)14-2-4-15(5-3-14)25(21,22)19-9-12-24-13-10-19/h2-5,17H,6-13H2,1H3,(H,18,20). The number of amides is 1. The van der Waals surface area contributed by atoms with Crippen LogP contribution < -0.4 is 10.6 Å². The van der Waals surface area contributed by atoms with E-state index in [1.54, 1.807) is 7.11 Å². The van der Waals surface area contributed by atoms with Crippen molar-refractivity contribution in [2.24, 2.45) is 0 Å². The van der Waals surface area contributed by atoms with Gasteiger partial charge in [0.05, 0.1) is 24.7 Å². The number of hydrogen-bond acceptors (Lipinski definition) is 6. The summed E-state index contributed by atoms with van der Waals surface area (Å²) in [6.45, 7) is 3.96. The van der Waals surface area contributed by atoms with Crippen molar-refractivity contribution in [3.63, 3.8) is 0 Å². The first kappa shape index (κ1) is 19.8. The second-order valence-electron chi connectivity index (χ2n) is 5.54. The van der Waals surface area contributed by atoms with Gasteiger partial charge in [-0.15, -0.1) is 0 Å². The average Bonchev–Trinajstić information content (AvgIpc) is 2.65. The van der Waals surface area contributed by atoms with Gasteiger partial charge in [0.1, 0.15) is 0 Å². The molecule has 9 heteroatoms. The lowest BCUT2D eigenvalue weighted by Gasteiger charge is -2.26. The van der Waals surface area contributed by atoms with Crippen molar-refractivity contribution >= 4 is 15.9 Å². The summed E-state index contributed by atoms with van der Waals surface area (Å²) in [5.41, 5.74) is 0.429. The Labute approximate surface area is 148 Å². The van der Waals surface area contributed by atoms with Crippen LogP contribution in [0.4, 0.5) is 0 Å². The number of ether oxygens (including phenoxy) is 2. The molecule has 1 heterocycles. The summed E-state index contributed by atoms with van der Waals surface area (Å²) in [6.07, 6.45) is 0. The summed E-state index contributed by atoms with van der Waals surface area (Å²) in [6, 6.07) is 6.00. The van der Waals surface area contributed by atoms with E-state index in [1.807, 2.05) is 0 Å². The molecule has 1 saturated heterocycles. The fraction of sp³-hybridized carbons (Fsp3) is 0.562. The highest BCUT2D eigenvalue weighted by Crippen LogP contribution is 2.17. The smallest absolute Gasteiger partial charge is 0.251 e. The zero-order chi connectivity index (χ0) is 18.1. The van der Waals surface area contributed by atoms with E-state index in [2.05, 4.69) is 10.6 Å². The number of methoxy groups -OCH3 is 1. The molecule has 8 nitrogen and oxygen atoms in total. The first-order valence-corrected chi connectivity index (χ1v) is 9.65. The molecule has 0 saturated carbocycles. The average molecular weight is 371 g/mol. The zero-order valence-electron chi connectivity index (χ0n) is 14.4. The van der Waals surface area contributed by atoms with Gasteiger partial charge in [0.25, 0.3) is 5.91 Å². The topological polar surface area (TPSA) is 97.0 Å². The molecule has 2 rings (SSSR count). The Balaban J connectivity index is 1.87. The van der Waals surface area contributed by atoms with Gasteiger partial charge in [0.2, 0.25) is 10.0 Å². The molecule has 1 fully saturated rings. The van der Waals surface area contributed by atoms with Crippen LogP contribution in [0.15, 0.2) is 29.2 Å². The van der Waals surface area contributed by atoms with Crippen LogP contribution >= 0.6 is 0 Å². The van der Waals surface area contributed by atoms with Crippen molar-refractivity contribution in [1.29, 1.82) is 0 Å². The quantitative estimate of drug-likeness (QED) is 0.577. The Bertz CT molecular complexity index is 642. The van der Waals surface area contributed by atoms with E-state index in [0.717, 1.165) is 6.54 Å². The van der Waals surface area contributed by atoms with Crippen LogP contribution in [0.5, 0.6) is 0 Å². The van der Waals surface area contributed by atoms with Crippen LogP contribution in [-0.4, -0.2) is 78.3 Å². The van der Waals surface area contributed by atoms with E-state index in [9.17, 15) is 13.2 Å². The molecule has 140 valence electrons. The molecule has 0 spiro atoms. The third-order valence-corrected chi connectivity index (χ3v) is 5.71. The van der Waals surface area contributed by atoms with Gasteiger partial charge in [-0.1, -0.05) is 0 Å². The number of morpholine rings is 1. The number of hydrogen-bond donors (Lipinski definition) is 2. The molecule has 1 aliphatic heterocycles. The summed E-state index contributed by atoms with van der Waals surface area (Å²) in [5.74, 6) is -0.233. The van der Waals surface area contributed by atoms with E-state index in [4.69, 9.17) is 9.47 Å². The Morgan fingerprint density at radius 1 is 1.16 bits per heavy atom. The highest BCUT2D eigenvalue weighted by molar-refractivity contribution is 7.89. The highest BCUT2D eigenvalue weighted by Gasteiger charge is 2.26. The maximum Gasteiger partial charge on any atom is 0.251 e. The van der Waals surface area contributed by atoms with Crippen molar-refractivity contribution in [2.75, 3.05) is 59.7 Å². The van der Waals surface area contributed by atoms with Crippen molar-refractivity contribution in [3.8, 4) is 0 Å². The minimum Gasteiger partial charge on any atom is -0.383 e. The third kappa shape index (κ3) is 5.75. The van der Waals surface area contributed by atoms with Gasteiger partial charge in [0, 0.05) is 45.4 Å². The molecular weight excluding hydrogens is 346 g/mol. The van der Waals surface area contributed by atoms with Gasteiger partial charge < -0.3 is 20.1 Å². The summed E-state index contributed by atoms with van der Waals surface area (Å²) < 4.78 is 36.5. The van der Waals surface area contributed by atoms with Crippen molar-refractivity contribution < 1.29 is 22.7 Å². The summed E-state index contributed by atoms with van der Waals surface area (Å²) >= 11 is 0. The lowest BCUT2D eigenvalue weighted by molar-refractivity contribution is 0.0730. The number of benzene rings is 1. The SMILES string of the molecule is COCCNCCNC(=O)c1ccc(S(=O)(=O)N2CCOCC2)cc1. The molecule has 0 atom stereocenters. The monoisotopic (exact) mass is 371 g/mol. The fourth-order valence-corrected chi connectivity index (χ4v) is 3.79. The zero-order valence-corrected chi connectivity index (χ0v) is 15.2. The predicted octanol–water partition coefficient (Wildman–Crippen LogP) is -0.327. The number of carbonyl (C=O) groups excluding carboxylic acids is 1. The largest absolute Gasteiger partial charge is 0.383 e. The first-order valence-electron chi connectivity index (χ1n) is 8.21. The maximum absolute atomic E-state index is 12.5. The van der Waals surface area contributed by atoms with E-state index in [0.29, 0.717) is 51.6 Å². The fourth-order valence-electron chi connectivity index (χ4n) is 2.38. The van der Waals surface area contributed by atoms with Gasteiger partial charge in [-0.2, -0.15) is 4.31 Å². The summed E-state index contributed by atoms with van der Waals surface area (Å²) in [4.78, 5) is 12.2. The minimum absolute atomic E-state index is 0.187. The molecule has 0 aromatic heterocycles. The van der Waals surface area contributed by atoms with E-state index >= 15 is 0 Å². The lowest BCUT2D eigenvalue weighted by Crippen LogP contribution is -2.40. The molecule has 0 unspecified atom stereocenters. The molecule has 0 bridgehead atoms. The molecule has 1 amide bonds. The first-order chi connectivity index (χ1) is 12.1. The number of sulfonamides is 1. The molecule has 1 aliphatic rings. The third-order valence-electron chi connectivity index (χ3n) is 3.79. The van der Waals surface area contributed by atoms with E-state index in [-0.39, 0.29) is 10.8 Å². The second kappa shape index (κ2) is 9.83. The predicted molar refractivity (Wildman–Crippen MR) is 93.1 cm³/mol. The number of rotatable bonds is 9. The number of nitrogens with zero attached hydrogens (tertiary/aromatic N) is 1. The van der Waals surface area contributed by atoms with E-state index in [1.165, 1.54) is 28.6 Å². The van der Waals surface area contributed by atoms with Crippen LogP contribution in [0.1, 0.15) is 10.4 Å². The van der Waals surface area contributed by atoms with Crippen LogP contribution in [0, 0.1) is 0 Å². The number of carbonyl (C=O) groups is 1.